The number of hydrogen-bond acceptors (Lipinski definition) is 2. The molecule has 3 nitrogen and oxygen atoms in total. The zero-order chi connectivity index (χ0) is 13.6. The Balaban J connectivity index is 1.90. The smallest absolute Gasteiger partial charge is 0.219 e. The van der Waals surface area contributed by atoms with E-state index in [-0.39, 0.29) is 11.4 Å². The van der Waals surface area contributed by atoms with Crippen LogP contribution in [0.15, 0.2) is 18.2 Å². The van der Waals surface area contributed by atoms with Gasteiger partial charge in [0.1, 0.15) is 0 Å². The van der Waals surface area contributed by atoms with E-state index in [1.807, 2.05) is 4.90 Å². The van der Waals surface area contributed by atoms with E-state index in [4.69, 9.17) is 0 Å². The van der Waals surface area contributed by atoms with Crippen LogP contribution in [0.3, 0.4) is 0 Å². The average Bonchev–Trinajstić information content (AvgIpc) is 3.13. The predicted molar refractivity (Wildman–Crippen MR) is 77.5 cm³/mol. The molecule has 0 atom stereocenters. The van der Waals surface area contributed by atoms with Gasteiger partial charge in [-0.2, -0.15) is 0 Å². The Labute approximate surface area is 115 Å². The highest BCUT2D eigenvalue weighted by molar-refractivity contribution is 5.74. The minimum absolute atomic E-state index is 0.215. The lowest BCUT2D eigenvalue weighted by Crippen LogP contribution is -2.56. The largest absolute Gasteiger partial charge is 0.362 e. The summed E-state index contributed by atoms with van der Waals surface area (Å²) in [5.74, 6) is 0.215. The van der Waals surface area contributed by atoms with Crippen molar-refractivity contribution in [2.75, 3.05) is 24.5 Å². The summed E-state index contributed by atoms with van der Waals surface area (Å²) in [5, 5.41) is 0. The highest BCUT2D eigenvalue weighted by Gasteiger charge is 2.52. The van der Waals surface area contributed by atoms with Gasteiger partial charge in [-0.3, -0.25) is 4.79 Å². The molecule has 19 heavy (non-hydrogen) atoms. The molecule has 1 saturated heterocycles. The normalized spacial score (nSPS) is 20.8. The number of nitrogens with zero attached hydrogens (tertiary/aromatic N) is 2. The summed E-state index contributed by atoms with van der Waals surface area (Å²) in [7, 11) is 0. The first kappa shape index (κ1) is 12.5. The molecule has 0 unspecified atom stereocenters. The van der Waals surface area contributed by atoms with Crippen molar-refractivity contribution < 1.29 is 4.79 Å². The van der Waals surface area contributed by atoms with Crippen LogP contribution in [0.2, 0.25) is 0 Å². The lowest BCUT2D eigenvalue weighted by Gasteiger charge is -2.44. The maximum Gasteiger partial charge on any atom is 0.219 e. The minimum Gasteiger partial charge on any atom is -0.362 e. The topological polar surface area (TPSA) is 23.6 Å². The van der Waals surface area contributed by atoms with Gasteiger partial charge in [-0.05, 0) is 43.9 Å². The molecule has 0 radical (unpaired) electrons. The lowest BCUT2D eigenvalue weighted by atomic mass is 10.0. The maximum atomic E-state index is 11.6. The van der Waals surface area contributed by atoms with Gasteiger partial charge in [0, 0.05) is 32.2 Å². The number of carbonyl (C=O) groups excluding carboxylic acids is 1. The monoisotopic (exact) mass is 258 g/mol. The summed E-state index contributed by atoms with van der Waals surface area (Å²) in [6.45, 7) is 8.77. The molecule has 1 aliphatic carbocycles. The number of amides is 1. The van der Waals surface area contributed by atoms with Gasteiger partial charge >= 0.3 is 0 Å². The highest BCUT2D eigenvalue weighted by atomic mass is 16.2. The van der Waals surface area contributed by atoms with E-state index < -0.39 is 0 Å². The van der Waals surface area contributed by atoms with E-state index in [2.05, 4.69) is 36.9 Å². The van der Waals surface area contributed by atoms with Gasteiger partial charge in [0.2, 0.25) is 5.91 Å². The maximum absolute atomic E-state index is 11.6. The highest BCUT2D eigenvalue weighted by Crippen LogP contribution is 2.47. The summed E-state index contributed by atoms with van der Waals surface area (Å²) in [5.41, 5.74) is 4.32. The number of anilines is 1. The zero-order valence-electron chi connectivity index (χ0n) is 12.1. The predicted octanol–water partition coefficient (Wildman–Crippen LogP) is 2.50. The second-order valence-corrected chi connectivity index (χ2v) is 6.04. The fraction of sp³-hybridized carbons (Fsp3) is 0.562. The molecular formula is C16H22N2O. The lowest BCUT2D eigenvalue weighted by molar-refractivity contribution is -0.129. The van der Waals surface area contributed by atoms with Crippen LogP contribution in [0.1, 0.15) is 30.9 Å². The van der Waals surface area contributed by atoms with E-state index >= 15 is 0 Å². The van der Waals surface area contributed by atoms with Crippen molar-refractivity contribution in [3.8, 4) is 0 Å². The third kappa shape index (κ3) is 2.01. The van der Waals surface area contributed by atoms with Crippen molar-refractivity contribution in [3.63, 3.8) is 0 Å². The first-order valence-electron chi connectivity index (χ1n) is 7.13. The van der Waals surface area contributed by atoms with Gasteiger partial charge in [-0.1, -0.05) is 12.1 Å². The van der Waals surface area contributed by atoms with Crippen molar-refractivity contribution in [3.05, 3.63) is 29.3 Å². The minimum atomic E-state index is 0.215. The van der Waals surface area contributed by atoms with Crippen molar-refractivity contribution in [1.29, 1.82) is 0 Å². The Kier molecular flexibility index (Phi) is 2.80. The van der Waals surface area contributed by atoms with Crippen LogP contribution in [0, 0.1) is 13.8 Å². The molecule has 1 heterocycles. The molecule has 1 spiro atoms. The number of rotatable bonds is 1. The zero-order valence-corrected chi connectivity index (χ0v) is 12.1. The molecule has 0 bridgehead atoms. The number of carbonyl (C=O) groups is 1. The van der Waals surface area contributed by atoms with Gasteiger partial charge in [-0.15, -0.1) is 0 Å². The van der Waals surface area contributed by atoms with Crippen LogP contribution in [-0.2, 0) is 4.79 Å². The molecule has 3 heteroatoms. The standard InChI is InChI=1S/C16H22N2O/c1-12-5-4-6-15(13(12)2)18-10-9-17(14(3)19)11-16(18)7-8-16/h4-6H,7-11H2,1-3H3. The van der Waals surface area contributed by atoms with Crippen LogP contribution in [0.25, 0.3) is 0 Å². The number of benzene rings is 1. The quantitative estimate of drug-likeness (QED) is 0.772. The Morgan fingerprint density at radius 2 is 1.95 bits per heavy atom. The van der Waals surface area contributed by atoms with Crippen LogP contribution >= 0.6 is 0 Å². The van der Waals surface area contributed by atoms with Crippen LogP contribution < -0.4 is 4.90 Å². The van der Waals surface area contributed by atoms with Crippen LogP contribution in [0.4, 0.5) is 5.69 Å². The molecule has 2 fully saturated rings. The molecular weight excluding hydrogens is 236 g/mol. The van der Waals surface area contributed by atoms with E-state index in [0.717, 1.165) is 19.6 Å². The summed E-state index contributed by atoms with van der Waals surface area (Å²) in [6, 6.07) is 6.54. The van der Waals surface area contributed by atoms with Gasteiger partial charge in [0.05, 0.1) is 5.54 Å². The summed E-state index contributed by atoms with van der Waals surface area (Å²) < 4.78 is 0. The molecule has 2 aliphatic rings. The van der Waals surface area contributed by atoms with Gasteiger partial charge in [-0.25, -0.2) is 0 Å². The van der Waals surface area contributed by atoms with Crippen molar-refractivity contribution in [1.82, 2.24) is 4.90 Å². The molecule has 1 aliphatic heterocycles. The van der Waals surface area contributed by atoms with Crippen molar-refractivity contribution >= 4 is 11.6 Å². The SMILES string of the molecule is CC(=O)N1CCN(c2cccc(C)c2C)C2(CC2)C1. The number of piperazine rings is 1. The van der Waals surface area contributed by atoms with E-state index in [0.29, 0.717) is 0 Å². The molecule has 102 valence electrons. The second-order valence-electron chi connectivity index (χ2n) is 6.04. The number of hydrogen-bond donors (Lipinski definition) is 0. The van der Waals surface area contributed by atoms with Crippen LogP contribution in [-0.4, -0.2) is 36.0 Å². The Morgan fingerprint density at radius 3 is 2.58 bits per heavy atom. The molecule has 0 N–H and O–H groups in total. The Bertz CT molecular complexity index is 519. The van der Waals surface area contributed by atoms with Gasteiger partial charge in [0.15, 0.2) is 0 Å². The fourth-order valence-corrected chi connectivity index (χ4v) is 3.22. The average molecular weight is 258 g/mol. The third-order valence-electron chi connectivity index (χ3n) is 4.79. The first-order valence-corrected chi connectivity index (χ1v) is 7.13. The van der Waals surface area contributed by atoms with Crippen molar-refractivity contribution in [2.24, 2.45) is 0 Å². The molecule has 3 rings (SSSR count). The third-order valence-corrected chi connectivity index (χ3v) is 4.79. The van der Waals surface area contributed by atoms with E-state index in [1.54, 1.807) is 6.92 Å². The Morgan fingerprint density at radius 1 is 1.21 bits per heavy atom. The summed E-state index contributed by atoms with van der Waals surface area (Å²) >= 11 is 0. The summed E-state index contributed by atoms with van der Waals surface area (Å²) in [6.07, 6.45) is 2.42. The fourth-order valence-electron chi connectivity index (χ4n) is 3.22. The van der Waals surface area contributed by atoms with Gasteiger partial charge in [0.25, 0.3) is 0 Å². The first-order chi connectivity index (χ1) is 9.03. The summed E-state index contributed by atoms with van der Waals surface area (Å²) in [4.78, 5) is 16.1. The van der Waals surface area contributed by atoms with E-state index in [9.17, 15) is 4.79 Å². The van der Waals surface area contributed by atoms with Crippen molar-refractivity contribution in [2.45, 2.75) is 39.2 Å². The number of aryl methyl sites for hydroxylation is 1. The molecule has 0 aromatic heterocycles. The van der Waals surface area contributed by atoms with Crippen LogP contribution in [0.5, 0.6) is 0 Å². The molecule has 1 aromatic rings. The van der Waals surface area contributed by atoms with Gasteiger partial charge < -0.3 is 9.80 Å². The second kappa shape index (κ2) is 4.26. The Hall–Kier alpha value is -1.51. The molecule has 1 aromatic carbocycles. The molecule has 1 amide bonds. The van der Waals surface area contributed by atoms with E-state index in [1.165, 1.54) is 29.7 Å². The molecule has 1 saturated carbocycles.